The monoisotopic (exact) mass is 183 g/mol. The molecule has 0 N–H and O–H groups in total. The van der Waals surface area contributed by atoms with Crippen LogP contribution < -0.4 is 0 Å². The number of hydrogen-bond donors (Lipinski definition) is 0. The summed E-state index contributed by atoms with van der Waals surface area (Å²) in [6.45, 7) is 0.927. The number of hydrogen-bond acceptors (Lipinski definition) is 4. The Hall–Kier alpha value is -1.26. The first-order chi connectivity index (χ1) is 6.25. The summed E-state index contributed by atoms with van der Waals surface area (Å²) in [5, 5.41) is 0. The average Bonchev–Trinajstić information content (AvgIpc) is 2.65. The van der Waals surface area contributed by atoms with Crippen LogP contribution in [0.2, 0.25) is 0 Å². The molecule has 0 aromatic rings. The second-order valence-electron chi connectivity index (χ2n) is 3.69. The Morgan fingerprint density at radius 1 is 1.38 bits per heavy atom. The molecule has 0 aromatic carbocycles. The molecule has 0 radical (unpaired) electrons. The first-order valence-corrected chi connectivity index (χ1v) is 4.38. The molecule has 0 saturated carbocycles. The van der Waals surface area contributed by atoms with E-state index in [4.69, 9.17) is 9.47 Å². The number of carbonyl (C=O) groups excluding carboxylic acids is 2. The molecular weight excluding hydrogens is 174 g/mol. The fraction of sp³-hybridized carbons (Fsp3) is 0.750. The van der Waals surface area contributed by atoms with Crippen molar-refractivity contribution in [2.75, 3.05) is 13.2 Å². The fourth-order valence-electron chi connectivity index (χ4n) is 2.41. The fourth-order valence-corrected chi connectivity index (χ4v) is 2.41. The molecule has 5 heteroatoms. The lowest BCUT2D eigenvalue weighted by molar-refractivity contribution is -0.141. The minimum absolute atomic E-state index is 0.0731. The van der Waals surface area contributed by atoms with Crippen LogP contribution in [0.25, 0.3) is 0 Å². The number of carbonyl (C=O) groups is 2. The topological polar surface area (TPSA) is 55.8 Å². The SMILES string of the molecule is O=C1C[C@H]2[C@H](CN3C(=O)OC[C@H]23)O1. The zero-order valence-corrected chi connectivity index (χ0v) is 6.93. The van der Waals surface area contributed by atoms with E-state index in [1.807, 2.05) is 0 Å². The Morgan fingerprint density at radius 3 is 3.08 bits per heavy atom. The molecule has 3 rings (SSSR count). The summed E-state index contributed by atoms with van der Waals surface area (Å²) in [5.74, 6) is 0.0212. The molecule has 13 heavy (non-hydrogen) atoms. The van der Waals surface area contributed by atoms with Gasteiger partial charge in [0.15, 0.2) is 0 Å². The summed E-state index contributed by atoms with van der Waals surface area (Å²) in [6, 6.07) is 0.0731. The Bertz CT molecular complexity index is 290. The molecular formula is C8H9NO4. The van der Waals surface area contributed by atoms with E-state index in [1.54, 1.807) is 4.90 Å². The molecule has 0 unspecified atom stereocenters. The van der Waals surface area contributed by atoms with Gasteiger partial charge in [-0.25, -0.2) is 4.79 Å². The average molecular weight is 183 g/mol. The largest absolute Gasteiger partial charge is 0.460 e. The highest BCUT2D eigenvalue weighted by Crippen LogP contribution is 2.37. The molecule has 3 aliphatic rings. The third kappa shape index (κ3) is 0.814. The first-order valence-electron chi connectivity index (χ1n) is 4.38. The van der Waals surface area contributed by atoms with Crippen LogP contribution >= 0.6 is 0 Å². The van der Waals surface area contributed by atoms with E-state index in [0.29, 0.717) is 19.6 Å². The van der Waals surface area contributed by atoms with Gasteiger partial charge in [-0.2, -0.15) is 0 Å². The Morgan fingerprint density at radius 2 is 2.23 bits per heavy atom. The lowest BCUT2D eigenvalue weighted by Gasteiger charge is -2.12. The van der Waals surface area contributed by atoms with Crippen LogP contribution in [0.3, 0.4) is 0 Å². The maximum absolute atomic E-state index is 11.1. The zero-order chi connectivity index (χ0) is 9.00. The predicted octanol–water partition coefficient (Wildman–Crippen LogP) is -0.248. The van der Waals surface area contributed by atoms with Crippen molar-refractivity contribution in [2.45, 2.75) is 18.6 Å². The Labute approximate surface area is 74.6 Å². The van der Waals surface area contributed by atoms with Crippen molar-refractivity contribution >= 4 is 12.1 Å². The highest BCUT2D eigenvalue weighted by molar-refractivity contribution is 5.75. The molecule has 3 saturated heterocycles. The van der Waals surface area contributed by atoms with Crippen LogP contribution in [0.1, 0.15) is 6.42 Å². The molecule has 70 valence electrons. The van der Waals surface area contributed by atoms with Crippen LogP contribution in [0.5, 0.6) is 0 Å². The summed E-state index contributed by atoms with van der Waals surface area (Å²) < 4.78 is 9.97. The molecule has 3 aliphatic heterocycles. The molecule has 1 amide bonds. The normalized spacial score (nSPS) is 41.5. The van der Waals surface area contributed by atoms with E-state index in [-0.39, 0.29) is 30.1 Å². The summed E-state index contributed by atoms with van der Waals surface area (Å²) >= 11 is 0. The minimum Gasteiger partial charge on any atom is -0.460 e. The molecule has 0 spiro atoms. The Balaban J connectivity index is 1.87. The molecule has 3 fully saturated rings. The van der Waals surface area contributed by atoms with Crippen LogP contribution in [0.15, 0.2) is 0 Å². The van der Waals surface area contributed by atoms with Crippen molar-refractivity contribution in [3.63, 3.8) is 0 Å². The number of fused-ring (bicyclic) bond motifs is 3. The van der Waals surface area contributed by atoms with E-state index in [0.717, 1.165) is 0 Å². The van der Waals surface area contributed by atoms with Gasteiger partial charge in [0.1, 0.15) is 12.7 Å². The van der Waals surface area contributed by atoms with Gasteiger partial charge in [-0.05, 0) is 0 Å². The summed E-state index contributed by atoms with van der Waals surface area (Å²) in [5.41, 5.74) is 0. The second-order valence-corrected chi connectivity index (χ2v) is 3.69. The first kappa shape index (κ1) is 7.17. The number of amides is 1. The van der Waals surface area contributed by atoms with Crippen molar-refractivity contribution < 1.29 is 19.1 Å². The standard InChI is InChI=1S/C8H9NO4/c10-7-1-4-5-3-12-8(11)9(5)2-6(4)13-7/h4-6H,1-3H2/t4-,5-,6+/m1/s1. The van der Waals surface area contributed by atoms with Crippen LogP contribution in [-0.2, 0) is 14.3 Å². The van der Waals surface area contributed by atoms with Crippen molar-refractivity contribution in [2.24, 2.45) is 5.92 Å². The molecule has 0 aromatic heterocycles. The molecule has 5 nitrogen and oxygen atoms in total. The highest BCUT2D eigenvalue weighted by atomic mass is 16.6. The van der Waals surface area contributed by atoms with Gasteiger partial charge in [0.25, 0.3) is 0 Å². The van der Waals surface area contributed by atoms with Crippen LogP contribution in [0.4, 0.5) is 4.79 Å². The van der Waals surface area contributed by atoms with Gasteiger partial charge >= 0.3 is 12.1 Å². The third-order valence-corrected chi connectivity index (χ3v) is 3.05. The number of esters is 1. The van der Waals surface area contributed by atoms with Crippen molar-refractivity contribution in [3.8, 4) is 0 Å². The smallest absolute Gasteiger partial charge is 0.410 e. The van der Waals surface area contributed by atoms with Gasteiger partial charge in [0.2, 0.25) is 0 Å². The third-order valence-electron chi connectivity index (χ3n) is 3.05. The summed E-state index contributed by atoms with van der Waals surface area (Å²) in [7, 11) is 0. The van der Waals surface area contributed by atoms with E-state index in [9.17, 15) is 9.59 Å². The van der Waals surface area contributed by atoms with Gasteiger partial charge in [0, 0.05) is 5.92 Å². The number of nitrogens with zero attached hydrogens (tertiary/aromatic N) is 1. The van der Waals surface area contributed by atoms with Crippen LogP contribution in [0, 0.1) is 5.92 Å². The van der Waals surface area contributed by atoms with E-state index in [1.165, 1.54) is 0 Å². The predicted molar refractivity (Wildman–Crippen MR) is 39.8 cm³/mol. The molecule has 0 aliphatic carbocycles. The number of ether oxygens (including phenoxy) is 2. The number of rotatable bonds is 0. The summed E-state index contributed by atoms with van der Waals surface area (Å²) in [4.78, 5) is 23.8. The summed E-state index contributed by atoms with van der Waals surface area (Å²) in [6.07, 6.45) is 0.0865. The second kappa shape index (κ2) is 2.16. The quantitative estimate of drug-likeness (QED) is 0.486. The van der Waals surface area contributed by atoms with Gasteiger partial charge in [-0.1, -0.05) is 0 Å². The van der Waals surface area contributed by atoms with Gasteiger partial charge in [-0.15, -0.1) is 0 Å². The van der Waals surface area contributed by atoms with Gasteiger partial charge in [0.05, 0.1) is 19.0 Å². The lowest BCUT2D eigenvalue weighted by atomic mass is 9.98. The van der Waals surface area contributed by atoms with Gasteiger partial charge < -0.3 is 9.47 Å². The van der Waals surface area contributed by atoms with Crippen LogP contribution in [-0.4, -0.2) is 42.3 Å². The van der Waals surface area contributed by atoms with E-state index >= 15 is 0 Å². The molecule has 3 atom stereocenters. The van der Waals surface area contributed by atoms with Crippen molar-refractivity contribution in [3.05, 3.63) is 0 Å². The maximum atomic E-state index is 11.1. The van der Waals surface area contributed by atoms with Crippen molar-refractivity contribution in [1.29, 1.82) is 0 Å². The van der Waals surface area contributed by atoms with E-state index < -0.39 is 0 Å². The van der Waals surface area contributed by atoms with E-state index in [2.05, 4.69) is 0 Å². The molecule has 3 heterocycles. The maximum Gasteiger partial charge on any atom is 0.410 e. The van der Waals surface area contributed by atoms with Crippen molar-refractivity contribution in [1.82, 2.24) is 4.90 Å². The van der Waals surface area contributed by atoms with Gasteiger partial charge in [-0.3, -0.25) is 9.69 Å². The Kier molecular flexibility index (Phi) is 1.19. The highest BCUT2D eigenvalue weighted by Gasteiger charge is 2.54. The number of cyclic esters (lactones) is 1. The minimum atomic E-state index is -0.268. The lowest BCUT2D eigenvalue weighted by Crippen LogP contribution is -2.31. The zero-order valence-electron chi connectivity index (χ0n) is 6.93. The molecule has 0 bridgehead atoms.